The number of aryl methyl sites for hydroxylation is 1. The van der Waals surface area contributed by atoms with Crippen molar-refractivity contribution >= 4 is 79.2 Å². The maximum absolute atomic E-state index is 7.74. The van der Waals surface area contributed by atoms with Gasteiger partial charge < -0.3 is 14.2 Å². The molecule has 3 nitrogen and oxygen atoms in total. The maximum atomic E-state index is 7.74. The lowest BCUT2D eigenvalue weighted by molar-refractivity contribution is 0.332. The third kappa shape index (κ3) is 7.83. The minimum absolute atomic E-state index is 0.000137. The van der Waals surface area contributed by atoms with E-state index in [1.807, 2.05) is 0 Å². The Kier molecular flexibility index (Phi) is 11.2. The first kappa shape index (κ1) is 50.0. The second-order valence-corrected chi connectivity index (χ2v) is 26.9. The Balaban J connectivity index is 1.14. The number of benzene rings is 9. The molecule has 0 radical (unpaired) electrons. The molecule has 10 aromatic rings. The third-order valence-electron chi connectivity index (χ3n) is 18.4. The maximum Gasteiger partial charge on any atom is 0.297 e. The normalized spacial score (nSPS) is 15.5. The predicted octanol–water partition coefficient (Wildman–Crippen LogP) is 18.6. The molecule has 78 heavy (non-hydrogen) atoms. The first-order valence-corrected chi connectivity index (χ1v) is 28.5. The number of hydrogen-bond acceptors (Lipinski definition) is 3. The lowest BCUT2D eigenvalue weighted by atomic mass is 9.35. The first-order valence-electron chi connectivity index (χ1n) is 28.5. The van der Waals surface area contributed by atoms with Gasteiger partial charge in [-0.15, -0.1) is 0 Å². The van der Waals surface area contributed by atoms with Crippen LogP contribution in [0.1, 0.15) is 135 Å². The molecule has 0 saturated carbocycles. The molecule has 9 aromatic carbocycles. The predicted molar refractivity (Wildman–Crippen MR) is 335 cm³/mol. The molecule has 4 heteroatoms. The van der Waals surface area contributed by atoms with Crippen LogP contribution in [-0.2, 0) is 27.1 Å². The summed E-state index contributed by atoms with van der Waals surface area (Å²) in [6.07, 6.45) is 2.26. The third-order valence-corrected chi connectivity index (χ3v) is 18.4. The van der Waals surface area contributed by atoms with E-state index in [1.165, 1.54) is 105 Å². The van der Waals surface area contributed by atoms with Crippen LogP contribution in [0.2, 0.25) is 0 Å². The van der Waals surface area contributed by atoms with Gasteiger partial charge in [-0.05, 0) is 162 Å². The van der Waals surface area contributed by atoms with Crippen molar-refractivity contribution in [2.75, 3.05) is 9.80 Å². The fraction of sp³-hybridized carbons (Fsp3) is 0.270. The van der Waals surface area contributed by atoms with Crippen LogP contribution in [0.25, 0.3) is 44.0 Å². The number of rotatable bonds is 6. The fourth-order valence-electron chi connectivity index (χ4n) is 13.5. The summed E-state index contributed by atoms with van der Waals surface area (Å²) in [5, 5.41) is 3.60. The molecule has 3 heterocycles. The molecule has 0 atom stereocenters. The number of fused-ring (bicyclic) bond motifs is 8. The topological polar surface area (TPSA) is 19.6 Å². The van der Waals surface area contributed by atoms with Gasteiger partial charge in [-0.1, -0.05) is 217 Å². The number of furan rings is 1. The van der Waals surface area contributed by atoms with Gasteiger partial charge >= 0.3 is 0 Å². The zero-order valence-corrected chi connectivity index (χ0v) is 48.1. The lowest BCUT2D eigenvalue weighted by Crippen LogP contribution is -2.61. The van der Waals surface area contributed by atoms with Gasteiger partial charge in [-0.2, -0.15) is 0 Å². The summed E-state index contributed by atoms with van der Waals surface area (Å²) in [6, 6.07) is 69.6. The van der Waals surface area contributed by atoms with Crippen molar-refractivity contribution in [3.8, 4) is 22.3 Å². The van der Waals surface area contributed by atoms with E-state index in [1.54, 1.807) is 0 Å². The Morgan fingerprint density at radius 3 is 1.67 bits per heavy atom. The minimum Gasteiger partial charge on any atom is -0.468 e. The van der Waals surface area contributed by atoms with Crippen molar-refractivity contribution < 1.29 is 4.42 Å². The van der Waals surface area contributed by atoms with E-state index >= 15 is 0 Å². The Morgan fingerprint density at radius 1 is 0.436 bits per heavy atom. The molecule has 0 N–H and O–H groups in total. The van der Waals surface area contributed by atoms with E-state index in [9.17, 15) is 0 Å². The van der Waals surface area contributed by atoms with Crippen LogP contribution in [-0.4, -0.2) is 6.71 Å². The summed E-state index contributed by atoms with van der Waals surface area (Å²) in [5.74, 6) is 0. The summed E-state index contributed by atoms with van der Waals surface area (Å²) >= 11 is 0. The molecule has 13 rings (SSSR count). The van der Waals surface area contributed by atoms with Gasteiger partial charge in [0.05, 0.1) is 22.7 Å². The summed E-state index contributed by atoms with van der Waals surface area (Å²) in [6.45, 7) is 30.4. The molecule has 2 aliphatic heterocycles. The average Bonchev–Trinajstić information content (AvgIpc) is 3.59. The Hall–Kier alpha value is -7.56. The molecule has 3 aliphatic rings. The van der Waals surface area contributed by atoms with Gasteiger partial charge in [0.25, 0.3) is 6.71 Å². The van der Waals surface area contributed by atoms with Crippen LogP contribution in [0.4, 0.5) is 34.1 Å². The van der Waals surface area contributed by atoms with E-state index in [-0.39, 0.29) is 33.8 Å². The highest BCUT2D eigenvalue weighted by molar-refractivity contribution is 7.00. The van der Waals surface area contributed by atoms with E-state index < -0.39 is 0 Å². The highest BCUT2D eigenvalue weighted by atomic mass is 16.3. The Bertz CT molecular complexity index is 4030. The molecule has 1 aromatic heterocycles. The molecule has 1 aliphatic carbocycles. The average molecular weight is 1020 g/mol. The van der Waals surface area contributed by atoms with Gasteiger partial charge in [0.2, 0.25) is 0 Å². The fourth-order valence-corrected chi connectivity index (χ4v) is 13.5. The van der Waals surface area contributed by atoms with Crippen molar-refractivity contribution in [2.45, 2.75) is 130 Å². The number of anilines is 6. The quantitative estimate of drug-likeness (QED) is 0.155. The summed E-state index contributed by atoms with van der Waals surface area (Å²) in [5.41, 5.74) is 25.2. The van der Waals surface area contributed by atoms with E-state index in [2.05, 4.69) is 282 Å². The molecule has 0 saturated heterocycles. The monoisotopic (exact) mass is 1020 g/mol. The van der Waals surface area contributed by atoms with Crippen molar-refractivity contribution in [1.82, 2.24) is 0 Å². The minimum atomic E-state index is -0.285. The molecule has 0 fully saturated rings. The number of hydrogen-bond donors (Lipinski definition) is 0. The largest absolute Gasteiger partial charge is 0.468 e. The molecule has 0 spiro atoms. The SMILES string of the molecule is Cc1cc2c3c(c1)N(c1ccc(-c4ccc(C(C)(C)C)cc4)c4ccccc14)c1c(oc4cc5c(cc14)C(C)(C)CCC5(C)C)B3c1ccc(C(C)(C)c3ccccc3)cc1N2c1ccc(C(C)(C)C)cc1-c1ccccc1. The van der Waals surface area contributed by atoms with Gasteiger partial charge in [0.15, 0.2) is 0 Å². The van der Waals surface area contributed by atoms with E-state index in [0.717, 1.165) is 41.1 Å². The molecule has 388 valence electrons. The molecule has 0 unspecified atom stereocenters. The van der Waals surface area contributed by atoms with Crippen LogP contribution in [0, 0.1) is 6.92 Å². The Morgan fingerprint density at radius 2 is 1.00 bits per heavy atom. The van der Waals surface area contributed by atoms with Gasteiger partial charge in [-0.3, -0.25) is 0 Å². The molecular weight excluding hydrogens is 944 g/mol. The van der Waals surface area contributed by atoms with E-state index in [4.69, 9.17) is 4.42 Å². The van der Waals surface area contributed by atoms with Gasteiger partial charge in [-0.25, -0.2) is 0 Å². The summed E-state index contributed by atoms with van der Waals surface area (Å²) < 4.78 is 7.74. The first-order chi connectivity index (χ1) is 37.1. The van der Waals surface area contributed by atoms with Crippen molar-refractivity contribution in [2.24, 2.45) is 0 Å². The van der Waals surface area contributed by atoms with Crippen LogP contribution in [0.3, 0.4) is 0 Å². The van der Waals surface area contributed by atoms with Crippen molar-refractivity contribution in [1.29, 1.82) is 0 Å². The molecular formula is C74H73BN2O. The number of nitrogens with zero attached hydrogens (tertiary/aromatic N) is 2. The molecule has 0 amide bonds. The standard InChI is InChI=1S/C74H73BN2O/c1-46-40-64-67-65(41-46)77(61-37-34-53(54-26-20-21-27-55(54)61)48-28-30-49(31-29-48)70(2,3)4)68-57-44-58-59(73(10,11)39-38-72(58,8)9)45-66(57)78-69(68)75(67)60-35-32-52(74(12,13)50-24-18-15-19-25-50)43-63(60)76(64)62-36-33-51(71(5,6)7)42-56(62)47-22-16-14-17-23-47/h14-37,40-45H,38-39H2,1-13H3. The zero-order chi connectivity index (χ0) is 54.4. The lowest BCUT2D eigenvalue weighted by Gasteiger charge is -2.44. The van der Waals surface area contributed by atoms with Gasteiger partial charge in [0.1, 0.15) is 5.58 Å². The zero-order valence-electron chi connectivity index (χ0n) is 48.1. The van der Waals surface area contributed by atoms with Crippen molar-refractivity contribution in [3.63, 3.8) is 0 Å². The second-order valence-electron chi connectivity index (χ2n) is 26.9. The van der Waals surface area contributed by atoms with Crippen LogP contribution >= 0.6 is 0 Å². The summed E-state index contributed by atoms with van der Waals surface area (Å²) in [4.78, 5) is 5.23. The van der Waals surface area contributed by atoms with Crippen LogP contribution in [0.15, 0.2) is 186 Å². The second kappa shape index (κ2) is 17.5. The van der Waals surface area contributed by atoms with Crippen LogP contribution in [0.5, 0.6) is 0 Å². The van der Waals surface area contributed by atoms with Gasteiger partial charge in [0, 0.05) is 38.8 Å². The molecule has 0 bridgehead atoms. The highest BCUT2D eigenvalue weighted by Crippen LogP contribution is 2.54. The highest BCUT2D eigenvalue weighted by Gasteiger charge is 2.49. The van der Waals surface area contributed by atoms with Crippen LogP contribution < -0.4 is 26.4 Å². The summed E-state index contributed by atoms with van der Waals surface area (Å²) in [7, 11) is 0. The smallest absolute Gasteiger partial charge is 0.297 e. The van der Waals surface area contributed by atoms with E-state index in [0.29, 0.717) is 0 Å². The Labute approximate surface area is 464 Å². The van der Waals surface area contributed by atoms with Crippen molar-refractivity contribution in [3.05, 3.63) is 221 Å².